The van der Waals surface area contributed by atoms with Gasteiger partial charge < -0.3 is 10.1 Å². The highest BCUT2D eigenvalue weighted by Gasteiger charge is 2.19. The normalized spacial score (nSPS) is 16.9. The van der Waals surface area contributed by atoms with Crippen molar-refractivity contribution in [3.8, 4) is 5.75 Å². The molecule has 0 spiro atoms. The van der Waals surface area contributed by atoms with E-state index in [2.05, 4.69) is 21.7 Å². The monoisotopic (exact) mass is 289 g/mol. The van der Waals surface area contributed by atoms with E-state index in [9.17, 15) is 4.79 Å². The summed E-state index contributed by atoms with van der Waals surface area (Å²) >= 11 is 1.40. The number of ether oxygens (including phenoxy) is 1. The van der Waals surface area contributed by atoms with Crippen LogP contribution in [0.2, 0.25) is 0 Å². The van der Waals surface area contributed by atoms with Gasteiger partial charge >= 0.3 is 6.03 Å². The smallest absolute Gasteiger partial charge is 0.321 e. The summed E-state index contributed by atoms with van der Waals surface area (Å²) in [6.45, 7) is 1.22. The first-order chi connectivity index (χ1) is 9.81. The summed E-state index contributed by atoms with van der Waals surface area (Å²) in [6, 6.07) is 7.80. The van der Waals surface area contributed by atoms with Crippen LogP contribution in [0.15, 0.2) is 35.8 Å². The van der Waals surface area contributed by atoms with Gasteiger partial charge in [-0.05, 0) is 18.1 Å². The van der Waals surface area contributed by atoms with Gasteiger partial charge in [0, 0.05) is 24.0 Å². The molecule has 1 aromatic carbocycles. The number of nitrogens with zero attached hydrogens (tertiary/aromatic N) is 1. The minimum atomic E-state index is -0.223. The zero-order valence-corrected chi connectivity index (χ0v) is 11.7. The molecule has 2 heterocycles. The molecule has 1 unspecified atom stereocenters. The van der Waals surface area contributed by atoms with Crippen molar-refractivity contribution in [3.05, 3.63) is 41.4 Å². The number of carbonyl (C=O) groups excluding carboxylic acids is 1. The maximum atomic E-state index is 11.7. The highest BCUT2D eigenvalue weighted by Crippen LogP contribution is 2.26. The van der Waals surface area contributed by atoms with Gasteiger partial charge in [-0.2, -0.15) is 0 Å². The number of nitrogens with one attached hydrogen (secondary N) is 2. The van der Waals surface area contributed by atoms with E-state index in [0.717, 1.165) is 12.2 Å². The van der Waals surface area contributed by atoms with Gasteiger partial charge in [-0.1, -0.05) is 18.2 Å². The molecule has 0 aliphatic carbocycles. The van der Waals surface area contributed by atoms with Crippen LogP contribution in [0.3, 0.4) is 0 Å². The van der Waals surface area contributed by atoms with Gasteiger partial charge in [0.25, 0.3) is 0 Å². The summed E-state index contributed by atoms with van der Waals surface area (Å²) < 4.78 is 5.69. The molecule has 0 radical (unpaired) electrons. The predicted molar refractivity (Wildman–Crippen MR) is 78.3 cm³/mol. The standard InChI is InChI=1S/C14H15N3O2S/c18-13(17-14-15-5-6-20-14)16-8-10-7-11-3-1-2-4-12(11)19-9-10/h1-6,10H,7-9H2,(H2,15,16,17,18). The van der Waals surface area contributed by atoms with Crippen molar-refractivity contribution in [2.24, 2.45) is 5.92 Å². The van der Waals surface area contributed by atoms with Crippen LogP contribution < -0.4 is 15.4 Å². The van der Waals surface area contributed by atoms with Crippen molar-refractivity contribution in [2.45, 2.75) is 6.42 Å². The summed E-state index contributed by atoms with van der Waals surface area (Å²) in [7, 11) is 0. The topological polar surface area (TPSA) is 63.2 Å². The number of hydrogen-bond acceptors (Lipinski definition) is 4. The zero-order chi connectivity index (χ0) is 13.8. The lowest BCUT2D eigenvalue weighted by Gasteiger charge is -2.25. The number of benzene rings is 1. The number of rotatable bonds is 3. The van der Waals surface area contributed by atoms with Crippen LogP contribution in [-0.4, -0.2) is 24.2 Å². The molecule has 0 fully saturated rings. The molecule has 1 atom stereocenters. The molecule has 6 heteroatoms. The first-order valence-corrected chi connectivity index (χ1v) is 7.34. The molecule has 3 rings (SSSR count). The van der Waals surface area contributed by atoms with Gasteiger partial charge in [-0.15, -0.1) is 11.3 Å². The van der Waals surface area contributed by atoms with Crippen LogP contribution in [0.4, 0.5) is 9.93 Å². The van der Waals surface area contributed by atoms with Gasteiger partial charge in [0.15, 0.2) is 5.13 Å². The van der Waals surface area contributed by atoms with E-state index in [1.54, 1.807) is 6.20 Å². The summed E-state index contributed by atoms with van der Waals surface area (Å²) in [5.74, 6) is 1.25. The lowest BCUT2D eigenvalue weighted by Crippen LogP contribution is -2.37. The largest absolute Gasteiger partial charge is 0.493 e. The van der Waals surface area contributed by atoms with Crippen molar-refractivity contribution in [3.63, 3.8) is 0 Å². The molecule has 1 aliphatic heterocycles. The Balaban J connectivity index is 1.49. The Hall–Kier alpha value is -2.08. The van der Waals surface area contributed by atoms with Gasteiger partial charge in [0.05, 0.1) is 6.61 Å². The number of para-hydroxylation sites is 1. The summed E-state index contributed by atoms with van der Waals surface area (Å²) in [5.41, 5.74) is 1.20. The number of urea groups is 1. The third-order valence-corrected chi connectivity index (χ3v) is 3.85. The third kappa shape index (κ3) is 3.08. The Morgan fingerprint density at radius 2 is 2.35 bits per heavy atom. The summed E-state index contributed by atoms with van der Waals surface area (Å²) in [6.07, 6.45) is 2.58. The minimum Gasteiger partial charge on any atom is -0.493 e. The van der Waals surface area contributed by atoms with Crippen LogP contribution >= 0.6 is 11.3 Å². The first-order valence-electron chi connectivity index (χ1n) is 6.46. The molecule has 2 aromatic rings. The fourth-order valence-corrected chi connectivity index (χ4v) is 2.71. The Labute approximate surface area is 121 Å². The molecule has 104 valence electrons. The van der Waals surface area contributed by atoms with Crippen molar-refractivity contribution >= 4 is 22.5 Å². The minimum absolute atomic E-state index is 0.223. The Kier molecular flexibility index (Phi) is 3.83. The van der Waals surface area contributed by atoms with Crippen LogP contribution in [0.1, 0.15) is 5.56 Å². The Bertz CT molecular complexity index is 586. The number of carbonyl (C=O) groups is 1. The highest BCUT2D eigenvalue weighted by atomic mass is 32.1. The summed E-state index contributed by atoms with van der Waals surface area (Å²) in [5, 5.41) is 7.98. The van der Waals surface area contributed by atoms with E-state index in [-0.39, 0.29) is 6.03 Å². The predicted octanol–water partition coefficient (Wildman–Crippen LogP) is 2.52. The van der Waals surface area contributed by atoms with Gasteiger partial charge in [0.1, 0.15) is 5.75 Å². The van der Waals surface area contributed by atoms with E-state index >= 15 is 0 Å². The molecule has 1 aromatic heterocycles. The molecular weight excluding hydrogens is 274 g/mol. The zero-order valence-electron chi connectivity index (χ0n) is 10.8. The Morgan fingerprint density at radius 1 is 1.45 bits per heavy atom. The quantitative estimate of drug-likeness (QED) is 0.912. The molecule has 0 saturated carbocycles. The maximum Gasteiger partial charge on any atom is 0.321 e. The van der Waals surface area contributed by atoms with Crippen molar-refractivity contribution in [2.75, 3.05) is 18.5 Å². The number of amides is 2. The number of thiazole rings is 1. The van der Waals surface area contributed by atoms with Crippen LogP contribution in [0, 0.1) is 5.92 Å². The van der Waals surface area contributed by atoms with Crippen LogP contribution in [-0.2, 0) is 6.42 Å². The second-order valence-electron chi connectivity index (χ2n) is 4.66. The van der Waals surface area contributed by atoms with Crippen LogP contribution in [0.5, 0.6) is 5.75 Å². The molecule has 20 heavy (non-hydrogen) atoms. The molecule has 1 aliphatic rings. The fraction of sp³-hybridized carbons (Fsp3) is 0.286. The van der Waals surface area contributed by atoms with E-state index in [4.69, 9.17) is 4.74 Å². The summed E-state index contributed by atoms with van der Waals surface area (Å²) in [4.78, 5) is 15.7. The second kappa shape index (κ2) is 5.92. The number of hydrogen-bond donors (Lipinski definition) is 2. The van der Waals surface area contributed by atoms with E-state index < -0.39 is 0 Å². The van der Waals surface area contributed by atoms with Crippen molar-refractivity contribution in [1.29, 1.82) is 0 Å². The molecule has 2 N–H and O–H groups in total. The number of anilines is 1. The van der Waals surface area contributed by atoms with Crippen LogP contribution in [0.25, 0.3) is 0 Å². The SMILES string of the molecule is O=C(NCC1COc2ccccc2C1)Nc1nccs1. The maximum absolute atomic E-state index is 11.7. The molecular formula is C14H15N3O2S. The second-order valence-corrected chi connectivity index (χ2v) is 5.56. The van der Waals surface area contributed by atoms with E-state index in [0.29, 0.717) is 24.2 Å². The molecule has 0 saturated heterocycles. The number of aromatic nitrogens is 1. The van der Waals surface area contributed by atoms with Gasteiger partial charge in [0.2, 0.25) is 0 Å². The molecule has 0 bridgehead atoms. The van der Waals surface area contributed by atoms with E-state index in [1.807, 2.05) is 23.6 Å². The van der Waals surface area contributed by atoms with E-state index in [1.165, 1.54) is 16.9 Å². The molecule has 5 nitrogen and oxygen atoms in total. The highest BCUT2D eigenvalue weighted by molar-refractivity contribution is 7.13. The van der Waals surface area contributed by atoms with Gasteiger partial charge in [-0.25, -0.2) is 9.78 Å². The average molecular weight is 289 g/mol. The first kappa shape index (κ1) is 12.9. The lowest BCUT2D eigenvalue weighted by atomic mass is 9.97. The third-order valence-electron chi connectivity index (χ3n) is 3.16. The fourth-order valence-electron chi connectivity index (χ4n) is 2.19. The number of fused-ring (bicyclic) bond motifs is 1. The lowest BCUT2D eigenvalue weighted by molar-refractivity contribution is 0.215. The molecule has 2 amide bonds. The van der Waals surface area contributed by atoms with Crippen molar-refractivity contribution < 1.29 is 9.53 Å². The van der Waals surface area contributed by atoms with Crippen molar-refractivity contribution in [1.82, 2.24) is 10.3 Å². The van der Waals surface area contributed by atoms with Gasteiger partial charge in [-0.3, -0.25) is 5.32 Å². The Morgan fingerprint density at radius 3 is 3.20 bits per heavy atom. The average Bonchev–Trinajstić information content (AvgIpc) is 2.98.